The van der Waals surface area contributed by atoms with Crippen LogP contribution in [-0.2, 0) is 16.0 Å². The zero-order valence-electron chi connectivity index (χ0n) is 12.0. The number of hydrogen-bond acceptors (Lipinski definition) is 2. The fourth-order valence-corrected chi connectivity index (χ4v) is 2.80. The number of methoxy groups -OCH3 is 1. The van der Waals surface area contributed by atoms with E-state index in [9.17, 15) is 9.18 Å². The Hall–Kier alpha value is -1.42. The second-order valence-electron chi connectivity index (χ2n) is 5.41. The molecule has 0 aliphatic carbocycles. The summed E-state index contributed by atoms with van der Waals surface area (Å²) in [4.78, 5) is 13.7. The lowest BCUT2D eigenvalue weighted by atomic mass is 9.91. The number of ether oxygens (including phenoxy) is 1. The van der Waals surface area contributed by atoms with Crippen molar-refractivity contribution in [1.29, 1.82) is 0 Å². The van der Waals surface area contributed by atoms with E-state index in [1.165, 1.54) is 13.2 Å². The molecule has 0 aromatic heterocycles. The van der Waals surface area contributed by atoms with E-state index in [0.717, 1.165) is 44.3 Å². The number of hydrogen-bond donors (Lipinski definition) is 0. The third-order valence-electron chi connectivity index (χ3n) is 3.92. The Balaban J connectivity index is 1.84. The van der Waals surface area contributed by atoms with E-state index >= 15 is 0 Å². The quantitative estimate of drug-likeness (QED) is 0.829. The fourth-order valence-electron chi connectivity index (χ4n) is 2.80. The predicted molar refractivity (Wildman–Crippen MR) is 75.9 cm³/mol. The van der Waals surface area contributed by atoms with Crippen LogP contribution in [0.3, 0.4) is 0 Å². The van der Waals surface area contributed by atoms with Crippen molar-refractivity contribution in [3.8, 4) is 0 Å². The van der Waals surface area contributed by atoms with Crippen LogP contribution in [0.1, 0.15) is 24.8 Å². The minimum atomic E-state index is -0.129. The summed E-state index contributed by atoms with van der Waals surface area (Å²) < 4.78 is 18.5. The van der Waals surface area contributed by atoms with Crippen LogP contribution >= 0.6 is 0 Å². The Labute approximate surface area is 119 Å². The van der Waals surface area contributed by atoms with Crippen molar-refractivity contribution in [2.45, 2.75) is 25.7 Å². The summed E-state index contributed by atoms with van der Waals surface area (Å²) in [5.74, 6) is 0.392. The molecule has 1 fully saturated rings. The summed E-state index contributed by atoms with van der Waals surface area (Å²) >= 11 is 0. The number of rotatable bonds is 5. The largest absolute Gasteiger partial charge is 0.375 e. The number of benzene rings is 1. The van der Waals surface area contributed by atoms with E-state index in [4.69, 9.17) is 4.74 Å². The average Bonchev–Trinajstić information content (AvgIpc) is 2.47. The molecule has 0 spiro atoms. The van der Waals surface area contributed by atoms with Crippen LogP contribution in [0.5, 0.6) is 0 Å². The first kappa shape index (κ1) is 15.0. The fraction of sp³-hybridized carbons (Fsp3) is 0.562. The first-order valence-corrected chi connectivity index (χ1v) is 7.21. The van der Waals surface area contributed by atoms with Crippen molar-refractivity contribution in [2.24, 2.45) is 5.92 Å². The van der Waals surface area contributed by atoms with Crippen LogP contribution in [0, 0.1) is 11.7 Å². The van der Waals surface area contributed by atoms with Gasteiger partial charge in [-0.2, -0.15) is 0 Å². The van der Waals surface area contributed by atoms with Crippen molar-refractivity contribution in [3.05, 3.63) is 35.6 Å². The van der Waals surface area contributed by atoms with Gasteiger partial charge in [0.1, 0.15) is 12.4 Å². The summed E-state index contributed by atoms with van der Waals surface area (Å²) in [7, 11) is 1.54. The molecule has 4 heteroatoms. The van der Waals surface area contributed by atoms with E-state index in [1.807, 2.05) is 17.0 Å². The lowest BCUT2D eigenvalue weighted by molar-refractivity contribution is -0.137. The summed E-state index contributed by atoms with van der Waals surface area (Å²) in [5.41, 5.74) is 0.771. The maximum atomic E-state index is 13.6. The zero-order valence-corrected chi connectivity index (χ0v) is 12.0. The number of likely N-dealkylation sites (tertiary alicyclic amines) is 1. The van der Waals surface area contributed by atoms with Crippen molar-refractivity contribution in [3.63, 3.8) is 0 Å². The van der Waals surface area contributed by atoms with Gasteiger partial charge in [0.15, 0.2) is 0 Å². The standard InChI is InChI=1S/C16H22FNO2/c1-20-12-16(19)18-10-4-5-13(11-18)8-9-14-6-2-3-7-15(14)17/h2-3,6-7,13H,4-5,8-12H2,1H3/t13-/m0/s1. The molecule has 1 aliphatic rings. The number of amides is 1. The van der Waals surface area contributed by atoms with Crippen molar-refractivity contribution < 1.29 is 13.9 Å². The highest BCUT2D eigenvalue weighted by molar-refractivity contribution is 5.77. The molecule has 20 heavy (non-hydrogen) atoms. The highest BCUT2D eigenvalue weighted by Crippen LogP contribution is 2.22. The first-order chi connectivity index (χ1) is 9.70. The number of carbonyl (C=O) groups excluding carboxylic acids is 1. The van der Waals surface area contributed by atoms with Crippen LogP contribution in [0.15, 0.2) is 24.3 Å². The molecule has 1 aliphatic heterocycles. The van der Waals surface area contributed by atoms with Crippen LogP contribution < -0.4 is 0 Å². The number of halogens is 1. The van der Waals surface area contributed by atoms with Gasteiger partial charge in [0.2, 0.25) is 5.91 Å². The van der Waals surface area contributed by atoms with Gasteiger partial charge in [-0.05, 0) is 43.2 Å². The second-order valence-corrected chi connectivity index (χ2v) is 5.41. The normalized spacial score (nSPS) is 19.1. The minimum absolute atomic E-state index is 0.0584. The Morgan fingerprint density at radius 1 is 1.45 bits per heavy atom. The molecule has 1 heterocycles. The smallest absolute Gasteiger partial charge is 0.248 e. The lowest BCUT2D eigenvalue weighted by Gasteiger charge is -2.32. The molecule has 0 unspecified atom stereocenters. The van der Waals surface area contributed by atoms with Gasteiger partial charge in [-0.3, -0.25) is 4.79 Å². The van der Waals surface area contributed by atoms with E-state index in [2.05, 4.69) is 0 Å². The molecule has 1 atom stereocenters. The molecular formula is C16H22FNO2. The summed E-state index contributed by atoms with van der Waals surface area (Å²) in [5, 5.41) is 0. The molecule has 3 nitrogen and oxygen atoms in total. The summed E-state index contributed by atoms with van der Waals surface area (Å²) in [6, 6.07) is 6.93. The topological polar surface area (TPSA) is 29.5 Å². The van der Waals surface area contributed by atoms with Crippen LogP contribution in [0.2, 0.25) is 0 Å². The Morgan fingerprint density at radius 2 is 2.25 bits per heavy atom. The van der Waals surface area contributed by atoms with E-state index in [1.54, 1.807) is 6.07 Å². The van der Waals surface area contributed by atoms with Crippen LogP contribution in [0.4, 0.5) is 4.39 Å². The summed E-state index contributed by atoms with van der Waals surface area (Å²) in [6.07, 6.45) is 3.81. The molecule has 1 saturated heterocycles. The Kier molecular flexibility index (Phi) is 5.53. The molecule has 0 saturated carbocycles. The zero-order chi connectivity index (χ0) is 14.4. The van der Waals surface area contributed by atoms with Crippen LogP contribution in [0.25, 0.3) is 0 Å². The highest BCUT2D eigenvalue weighted by Gasteiger charge is 2.23. The molecule has 110 valence electrons. The van der Waals surface area contributed by atoms with Gasteiger partial charge in [-0.25, -0.2) is 4.39 Å². The Bertz CT molecular complexity index is 450. The van der Waals surface area contributed by atoms with Gasteiger partial charge >= 0.3 is 0 Å². The lowest BCUT2D eigenvalue weighted by Crippen LogP contribution is -2.41. The van der Waals surface area contributed by atoms with Gasteiger partial charge < -0.3 is 9.64 Å². The number of piperidine rings is 1. The average molecular weight is 279 g/mol. The maximum Gasteiger partial charge on any atom is 0.248 e. The van der Waals surface area contributed by atoms with Crippen LogP contribution in [-0.4, -0.2) is 37.6 Å². The van der Waals surface area contributed by atoms with E-state index in [-0.39, 0.29) is 18.3 Å². The maximum absolute atomic E-state index is 13.6. The Morgan fingerprint density at radius 3 is 3.00 bits per heavy atom. The van der Waals surface area contributed by atoms with Gasteiger partial charge in [0, 0.05) is 20.2 Å². The molecule has 2 rings (SSSR count). The summed E-state index contributed by atoms with van der Waals surface area (Å²) in [6.45, 7) is 1.75. The first-order valence-electron chi connectivity index (χ1n) is 7.21. The van der Waals surface area contributed by atoms with E-state index < -0.39 is 0 Å². The van der Waals surface area contributed by atoms with Crippen molar-refractivity contribution in [1.82, 2.24) is 4.90 Å². The van der Waals surface area contributed by atoms with Gasteiger partial charge in [0.25, 0.3) is 0 Å². The number of carbonyl (C=O) groups is 1. The van der Waals surface area contributed by atoms with Gasteiger partial charge in [0.05, 0.1) is 0 Å². The molecule has 0 radical (unpaired) electrons. The molecule has 0 N–H and O–H groups in total. The molecule has 1 aromatic rings. The van der Waals surface area contributed by atoms with Gasteiger partial charge in [-0.15, -0.1) is 0 Å². The van der Waals surface area contributed by atoms with Crippen molar-refractivity contribution >= 4 is 5.91 Å². The van der Waals surface area contributed by atoms with Crippen molar-refractivity contribution in [2.75, 3.05) is 26.8 Å². The second kappa shape index (κ2) is 7.39. The number of aryl methyl sites for hydroxylation is 1. The van der Waals surface area contributed by atoms with Gasteiger partial charge in [-0.1, -0.05) is 18.2 Å². The third kappa shape index (κ3) is 4.04. The van der Waals surface area contributed by atoms with E-state index in [0.29, 0.717) is 5.92 Å². The highest BCUT2D eigenvalue weighted by atomic mass is 19.1. The molecular weight excluding hydrogens is 257 g/mol. The monoisotopic (exact) mass is 279 g/mol. The minimum Gasteiger partial charge on any atom is -0.375 e. The molecule has 1 aromatic carbocycles. The third-order valence-corrected chi connectivity index (χ3v) is 3.92. The predicted octanol–water partition coefficient (Wildman–Crippen LogP) is 2.64. The number of nitrogens with zero attached hydrogens (tertiary/aromatic N) is 1. The molecule has 1 amide bonds. The SMILES string of the molecule is COCC(=O)N1CCC[C@@H](CCc2ccccc2F)C1. The molecule has 0 bridgehead atoms.